The predicted octanol–water partition coefficient (Wildman–Crippen LogP) is 3.21. The van der Waals surface area contributed by atoms with Gasteiger partial charge in [-0.05, 0) is 44.0 Å². The second-order valence-electron chi connectivity index (χ2n) is 7.36. The number of hydrogen-bond acceptors (Lipinski definition) is 6. The minimum atomic E-state index is -5.08. The zero-order chi connectivity index (χ0) is 23.3. The van der Waals surface area contributed by atoms with E-state index < -0.39 is 12.1 Å². The number of amides is 1. The molecule has 1 amide bonds. The third-order valence-electron chi connectivity index (χ3n) is 5.16. The molecule has 2 aromatic rings. The number of pyridine rings is 1. The average molecular weight is 456 g/mol. The number of carboxylic acids is 1. The standard InChI is InChI=1S/C19H22N2O4.C2HF3O2/c1-13-5-7-17(25-13)19(22)21-10-11-23-18-15(21)6-8-16(18)24-12-14-4-2-3-9-20-14;3-2(4,5)1(6)7/h2-5,7,9,15-16,18H,6,8,10-12H2,1H3;(H,6,7)/t15-,16-,18+;/m0./s1. The van der Waals surface area contributed by atoms with Gasteiger partial charge >= 0.3 is 12.1 Å². The number of aliphatic carboxylic acids is 1. The molecule has 0 aromatic carbocycles. The minimum absolute atomic E-state index is 0.0130. The highest BCUT2D eigenvalue weighted by Crippen LogP contribution is 2.33. The molecule has 0 bridgehead atoms. The van der Waals surface area contributed by atoms with Crippen molar-refractivity contribution in [1.82, 2.24) is 9.88 Å². The Bertz CT molecular complexity index is 918. The number of morpholine rings is 1. The second kappa shape index (κ2) is 10.1. The van der Waals surface area contributed by atoms with Gasteiger partial charge in [-0.25, -0.2) is 4.79 Å². The Kier molecular flexibility index (Phi) is 7.52. The van der Waals surface area contributed by atoms with Gasteiger partial charge < -0.3 is 23.9 Å². The lowest BCUT2D eigenvalue weighted by molar-refractivity contribution is -0.192. The number of carbonyl (C=O) groups excluding carboxylic acids is 1. The highest BCUT2D eigenvalue weighted by atomic mass is 19.4. The van der Waals surface area contributed by atoms with Gasteiger partial charge in [0.25, 0.3) is 5.91 Å². The Balaban J connectivity index is 0.000000360. The topological polar surface area (TPSA) is 102 Å². The summed E-state index contributed by atoms with van der Waals surface area (Å²) in [6.07, 6.45) is -1.66. The zero-order valence-corrected chi connectivity index (χ0v) is 17.2. The van der Waals surface area contributed by atoms with Crippen LogP contribution in [0.1, 0.15) is 34.9 Å². The van der Waals surface area contributed by atoms with Gasteiger partial charge in [-0.15, -0.1) is 0 Å². The summed E-state index contributed by atoms with van der Waals surface area (Å²) in [4.78, 5) is 27.8. The van der Waals surface area contributed by atoms with Gasteiger partial charge in [0.2, 0.25) is 0 Å². The number of fused-ring (bicyclic) bond motifs is 1. The Labute approximate surface area is 181 Å². The van der Waals surface area contributed by atoms with Gasteiger partial charge in [0.1, 0.15) is 11.9 Å². The maximum Gasteiger partial charge on any atom is 0.490 e. The summed E-state index contributed by atoms with van der Waals surface area (Å²) in [6.45, 7) is 3.42. The molecule has 174 valence electrons. The van der Waals surface area contributed by atoms with Crippen LogP contribution in [0.2, 0.25) is 0 Å². The first-order valence-corrected chi connectivity index (χ1v) is 9.97. The number of halogens is 3. The monoisotopic (exact) mass is 456 g/mol. The number of carboxylic acid groups (broad SMARTS) is 1. The molecule has 2 aliphatic rings. The van der Waals surface area contributed by atoms with Gasteiger partial charge in [-0.1, -0.05) is 6.07 Å². The van der Waals surface area contributed by atoms with E-state index in [1.165, 1.54) is 0 Å². The van der Waals surface area contributed by atoms with Gasteiger partial charge in [0, 0.05) is 12.7 Å². The highest BCUT2D eigenvalue weighted by molar-refractivity contribution is 5.92. The summed E-state index contributed by atoms with van der Waals surface area (Å²) in [7, 11) is 0. The number of carbonyl (C=O) groups is 2. The summed E-state index contributed by atoms with van der Waals surface area (Å²) in [5.74, 6) is -1.67. The Morgan fingerprint density at radius 3 is 2.59 bits per heavy atom. The van der Waals surface area contributed by atoms with Crippen molar-refractivity contribution in [3.05, 3.63) is 53.7 Å². The summed E-state index contributed by atoms with van der Waals surface area (Å²) in [6, 6.07) is 9.39. The predicted molar refractivity (Wildman–Crippen MR) is 104 cm³/mol. The molecule has 3 atom stereocenters. The third-order valence-corrected chi connectivity index (χ3v) is 5.16. The van der Waals surface area contributed by atoms with Gasteiger partial charge in [0.05, 0.1) is 31.1 Å². The van der Waals surface area contributed by atoms with Crippen LogP contribution in [0.3, 0.4) is 0 Å². The first-order valence-electron chi connectivity index (χ1n) is 9.97. The average Bonchev–Trinajstić information content (AvgIpc) is 3.38. The zero-order valence-electron chi connectivity index (χ0n) is 17.2. The van der Waals surface area contributed by atoms with E-state index >= 15 is 0 Å². The van der Waals surface area contributed by atoms with Crippen molar-refractivity contribution >= 4 is 11.9 Å². The molecular weight excluding hydrogens is 433 g/mol. The molecule has 4 rings (SSSR count). The van der Waals surface area contributed by atoms with Crippen LogP contribution in [0.25, 0.3) is 0 Å². The molecule has 0 unspecified atom stereocenters. The van der Waals surface area contributed by atoms with E-state index in [9.17, 15) is 18.0 Å². The molecule has 0 spiro atoms. The maximum absolute atomic E-state index is 12.8. The normalized spacial score (nSPS) is 22.6. The molecule has 1 saturated carbocycles. The van der Waals surface area contributed by atoms with E-state index in [2.05, 4.69) is 4.98 Å². The van der Waals surface area contributed by atoms with Crippen molar-refractivity contribution in [2.45, 2.75) is 50.8 Å². The number of rotatable bonds is 4. The van der Waals surface area contributed by atoms with E-state index in [1.54, 1.807) is 12.3 Å². The molecule has 8 nitrogen and oxygen atoms in total. The van der Waals surface area contributed by atoms with Crippen LogP contribution >= 0.6 is 0 Å². The third kappa shape index (κ3) is 5.86. The van der Waals surface area contributed by atoms with E-state index in [1.807, 2.05) is 36.1 Å². The van der Waals surface area contributed by atoms with E-state index in [-0.39, 0.29) is 24.2 Å². The Morgan fingerprint density at radius 2 is 2.00 bits per heavy atom. The SMILES string of the molecule is Cc1ccc(C(=O)N2CCO[C@H]3[C@@H](OCc4ccccn4)CC[C@@H]32)o1.O=C(O)C(F)(F)F. The summed E-state index contributed by atoms with van der Waals surface area (Å²) < 4.78 is 49.2. The van der Waals surface area contributed by atoms with Gasteiger partial charge in [-0.3, -0.25) is 9.78 Å². The molecule has 1 aliphatic carbocycles. The van der Waals surface area contributed by atoms with Crippen molar-refractivity contribution in [3.8, 4) is 0 Å². The second-order valence-corrected chi connectivity index (χ2v) is 7.36. The van der Waals surface area contributed by atoms with E-state index in [0.29, 0.717) is 25.5 Å². The fourth-order valence-electron chi connectivity index (χ4n) is 3.71. The number of aryl methyl sites for hydroxylation is 1. The molecule has 0 radical (unpaired) electrons. The number of ether oxygens (including phenoxy) is 2. The lowest BCUT2D eigenvalue weighted by atomic mass is 10.1. The minimum Gasteiger partial charge on any atom is -0.475 e. The lowest BCUT2D eigenvalue weighted by Gasteiger charge is -2.38. The molecule has 3 heterocycles. The first-order chi connectivity index (χ1) is 15.2. The lowest BCUT2D eigenvalue weighted by Crippen LogP contribution is -2.53. The molecule has 2 aromatic heterocycles. The van der Waals surface area contributed by atoms with Crippen LogP contribution < -0.4 is 0 Å². The van der Waals surface area contributed by atoms with Gasteiger partial charge in [0.15, 0.2) is 5.76 Å². The molecule has 1 N–H and O–H groups in total. The quantitative estimate of drug-likeness (QED) is 0.754. The van der Waals surface area contributed by atoms with Gasteiger partial charge in [-0.2, -0.15) is 13.2 Å². The van der Waals surface area contributed by atoms with Crippen LogP contribution in [0.4, 0.5) is 13.2 Å². The number of hydrogen-bond donors (Lipinski definition) is 1. The smallest absolute Gasteiger partial charge is 0.475 e. The van der Waals surface area contributed by atoms with Crippen LogP contribution in [-0.4, -0.2) is 64.4 Å². The Hall–Kier alpha value is -2.92. The highest BCUT2D eigenvalue weighted by Gasteiger charge is 2.45. The summed E-state index contributed by atoms with van der Waals surface area (Å²) >= 11 is 0. The molecule has 1 aliphatic heterocycles. The fraction of sp³-hybridized carbons (Fsp3) is 0.476. The van der Waals surface area contributed by atoms with Crippen LogP contribution in [0, 0.1) is 6.92 Å². The van der Waals surface area contributed by atoms with Crippen LogP contribution in [0.15, 0.2) is 40.9 Å². The summed E-state index contributed by atoms with van der Waals surface area (Å²) in [5.41, 5.74) is 0.903. The molecule has 11 heteroatoms. The molecular formula is C21H23F3N2O6. The Morgan fingerprint density at radius 1 is 1.25 bits per heavy atom. The molecule has 32 heavy (non-hydrogen) atoms. The summed E-state index contributed by atoms with van der Waals surface area (Å²) in [5, 5.41) is 7.12. The van der Waals surface area contributed by atoms with Crippen molar-refractivity contribution in [1.29, 1.82) is 0 Å². The molecule has 1 saturated heterocycles. The number of alkyl halides is 3. The van der Waals surface area contributed by atoms with Crippen molar-refractivity contribution in [3.63, 3.8) is 0 Å². The first kappa shape index (κ1) is 23.7. The van der Waals surface area contributed by atoms with Crippen molar-refractivity contribution < 1.29 is 41.8 Å². The number of nitrogens with zero attached hydrogens (tertiary/aromatic N) is 2. The number of furan rings is 1. The van der Waals surface area contributed by atoms with Crippen molar-refractivity contribution in [2.75, 3.05) is 13.2 Å². The maximum atomic E-state index is 12.8. The number of aromatic nitrogens is 1. The van der Waals surface area contributed by atoms with Crippen LogP contribution in [-0.2, 0) is 20.9 Å². The largest absolute Gasteiger partial charge is 0.490 e. The van der Waals surface area contributed by atoms with E-state index in [0.717, 1.165) is 24.3 Å². The van der Waals surface area contributed by atoms with Crippen LogP contribution in [0.5, 0.6) is 0 Å². The molecule has 2 fully saturated rings. The van der Waals surface area contributed by atoms with Crippen molar-refractivity contribution in [2.24, 2.45) is 0 Å². The fourth-order valence-corrected chi connectivity index (χ4v) is 3.71. The van der Waals surface area contributed by atoms with E-state index in [4.69, 9.17) is 23.8 Å².